The van der Waals surface area contributed by atoms with Gasteiger partial charge < -0.3 is 15.7 Å². The molecule has 2 atom stereocenters. The Kier molecular flexibility index (Phi) is 4.90. The van der Waals surface area contributed by atoms with E-state index in [0.29, 0.717) is 6.54 Å². The van der Waals surface area contributed by atoms with Crippen LogP contribution >= 0.6 is 0 Å². The number of carbonyl (C=O) groups is 1. The molecule has 0 aromatic rings. The molecule has 14 heavy (non-hydrogen) atoms. The molecule has 0 radical (unpaired) electrons. The number of hydrogen-bond acceptors (Lipinski definition) is 3. The van der Waals surface area contributed by atoms with Gasteiger partial charge in [0.1, 0.15) is 0 Å². The van der Waals surface area contributed by atoms with Gasteiger partial charge in [0.25, 0.3) is 0 Å². The van der Waals surface area contributed by atoms with Gasteiger partial charge in [-0.25, -0.2) is 0 Å². The number of amides is 1. The summed E-state index contributed by atoms with van der Waals surface area (Å²) >= 11 is 0. The number of carbonyl (C=O) groups excluding carboxylic acids is 1. The van der Waals surface area contributed by atoms with Gasteiger partial charge in [-0.15, -0.1) is 0 Å². The van der Waals surface area contributed by atoms with Crippen molar-refractivity contribution in [3.8, 4) is 0 Å². The van der Waals surface area contributed by atoms with Crippen LogP contribution in [0.15, 0.2) is 0 Å². The minimum atomic E-state index is 0.120. The smallest absolute Gasteiger partial charge is 0.224 e. The molecule has 0 aromatic heterocycles. The van der Waals surface area contributed by atoms with E-state index in [9.17, 15) is 4.79 Å². The summed E-state index contributed by atoms with van der Waals surface area (Å²) in [4.78, 5) is 11.6. The van der Waals surface area contributed by atoms with Crippen LogP contribution in [0.2, 0.25) is 0 Å². The number of nitrogens with one attached hydrogen (secondary N) is 2. The van der Waals surface area contributed by atoms with E-state index in [-0.39, 0.29) is 24.3 Å². The Bertz CT molecular complexity index is 179. The molecule has 1 heterocycles. The van der Waals surface area contributed by atoms with Crippen molar-refractivity contribution < 1.29 is 9.90 Å². The summed E-state index contributed by atoms with van der Waals surface area (Å²) < 4.78 is 0. The van der Waals surface area contributed by atoms with Crippen LogP contribution < -0.4 is 10.6 Å². The second-order valence-corrected chi connectivity index (χ2v) is 4.08. The Hall–Kier alpha value is -0.610. The fourth-order valence-electron chi connectivity index (χ4n) is 1.56. The van der Waals surface area contributed by atoms with Gasteiger partial charge in [0.2, 0.25) is 5.91 Å². The Morgan fingerprint density at radius 1 is 1.71 bits per heavy atom. The quantitative estimate of drug-likeness (QED) is 0.585. The number of rotatable bonds is 4. The van der Waals surface area contributed by atoms with Crippen molar-refractivity contribution in [1.29, 1.82) is 0 Å². The molecule has 1 amide bonds. The van der Waals surface area contributed by atoms with Crippen molar-refractivity contribution in [2.45, 2.75) is 19.8 Å². The highest BCUT2D eigenvalue weighted by molar-refractivity contribution is 5.78. The van der Waals surface area contributed by atoms with Gasteiger partial charge in [0.05, 0.1) is 5.92 Å². The number of piperidine rings is 1. The monoisotopic (exact) mass is 200 g/mol. The van der Waals surface area contributed by atoms with Crippen LogP contribution in [0.25, 0.3) is 0 Å². The van der Waals surface area contributed by atoms with E-state index in [2.05, 4.69) is 10.6 Å². The van der Waals surface area contributed by atoms with Crippen molar-refractivity contribution in [2.75, 3.05) is 26.2 Å². The molecule has 4 nitrogen and oxygen atoms in total. The van der Waals surface area contributed by atoms with E-state index in [1.807, 2.05) is 6.92 Å². The third-order valence-electron chi connectivity index (χ3n) is 2.60. The summed E-state index contributed by atoms with van der Waals surface area (Å²) in [5.74, 6) is 0.391. The lowest BCUT2D eigenvalue weighted by Crippen LogP contribution is -2.42. The maximum absolute atomic E-state index is 11.6. The first-order valence-electron chi connectivity index (χ1n) is 5.33. The second kappa shape index (κ2) is 5.98. The molecule has 3 N–H and O–H groups in total. The minimum Gasteiger partial charge on any atom is -0.396 e. The summed E-state index contributed by atoms with van der Waals surface area (Å²) in [6.07, 6.45) is 2.06. The Labute approximate surface area is 85.1 Å². The first kappa shape index (κ1) is 11.5. The van der Waals surface area contributed by atoms with E-state index in [0.717, 1.165) is 25.9 Å². The van der Waals surface area contributed by atoms with Crippen LogP contribution in [-0.2, 0) is 4.79 Å². The second-order valence-electron chi connectivity index (χ2n) is 4.08. The summed E-state index contributed by atoms with van der Waals surface area (Å²) in [5, 5.41) is 14.9. The van der Waals surface area contributed by atoms with Crippen LogP contribution in [0.5, 0.6) is 0 Å². The first-order valence-corrected chi connectivity index (χ1v) is 5.33. The van der Waals surface area contributed by atoms with Crippen LogP contribution in [0.1, 0.15) is 19.8 Å². The van der Waals surface area contributed by atoms with Crippen molar-refractivity contribution in [2.24, 2.45) is 11.8 Å². The zero-order valence-electron chi connectivity index (χ0n) is 8.75. The maximum atomic E-state index is 11.6. The fourth-order valence-corrected chi connectivity index (χ4v) is 1.56. The van der Waals surface area contributed by atoms with Gasteiger partial charge in [-0.2, -0.15) is 0 Å². The molecule has 2 unspecified atom stereocenters. The molecule has 1 rings (SSSR count). The fraction of sp³-hybridized carbons (Fsp3) is 0.900. The van der Waals surface area contributed by atoms with Crippen molar-refractivity contribution >= 4 is 5.91 Å². The highest BCUT2D eigenvalue weighted by Crippen LogP contribution is 2.09. The molecule has 1 aliphatic heterocycles. The maximum Gasteiger partial charge on any atom is 0.224 e. The largest absolute Gasteiger partial charge is 0.396 e. The summed E-state index contributed by atoms with van der Waals surface area (Å²) in [6, 6.07) is 0. The molecule has 0 saturated carbocycles. The minimum absolute atomic E-state index is 0.120. The summed E-state index contributed by atoms with van der Waals surface area (Å²) in [7, 11) is 0. The molecule has 82 valence electrons. The highest BCUT2D eigenvalue weighted by Gasteiger charge is 2.20. The number of hydrogen-bond donors (Lipinski definition) is 3. The average Bonchev–Trinajstić information content (AvgIpc) is 2.26. The standard InChI is InChI=1S/C10H20N2O2/c1-8(7-13)5-12-10(14)9-3-2-4-11-6-9/h8-9,11,13H,2-7H2,1H3,(H,12,14). The SMILES string of the molecule is CC(CO)CNC(=O)C1CCCNC1. The summed E-state index contributed by atoms with van der Waals surface area (Å²) in [6.45, 7) is 4.44. The van der Waals surface area contributed by atoms with E-state index in [1.54, 1.807) is 0 Å². The van der Waals surface area contributed by atoms with Crippen molar-refractivity contribution in [3.05, 3.63) is 0 Å². The molecule has 0 bridgehead atoms. The molecule has 0 aliphatic carbocycles. The molecular formula is C10H20N2O2. The zero-order valence-corrected chi connectivity index (χ0v) is 8.75. The van der Waals surface area contributed by atoms with Gasteiger partial charge in [0.15, 0.2) is 0 Å². The van der Waals surface area contributed by atoms with Crippen LogP contribution in [0.3, 0.4) is 0 Å². The molecule has 1 fully saturated rings. The lowest BCUT2D eigenvalue weighted by Gasteiger charge is -2.22. The molecule has 0 aromatic carbocycles. The lowest BCUT2D eigenvalue weighted by atomic mass is 9.98. The van der Waals surface area contributed by atoms with Gasteiger partial charge in [-0.3, -0.25) is 4.79 Å². The third kappa shape index (κ3) is 3.64. The van der Waals surface area contributed by atoms with E-state index < -0.39 is 0 Å². The predicted octanol–water partition coefficient (Wildman–Crippen LogP) is -0.269. The zero-order chi connectivity index (χ0) is 10.4. The Morgan fingerprint density at radius 3 is 3.07 bits per heavy atom. The molecule has 1 aliphatic rings. The van der Waals surface area contributed by atoms with Gasteiger partial charge in [-0.05, 0) is 25.3 Å². The van der Waals surface area contributed by atoms with Crippen LogP contribution in [-0.4, -0.2) is 37.3 Å². The van der Waals surface area contributed by atoms with E-state index in [1.165, 1.54) is 0 Å². The number of aliphatic hydroxyl groups is 1. The first-order chi connectivity index (χ1) is 6.74. The molecule has 0 spiro atoms. The van der Waals surface area contributed by atoms with Crippen LogP contribution in [0.4, 0.5) is 0 Å². The summed E-state index contributed by atoms with van der Waals surface area (Å²) in [5.41, 5.74) is 0. The Balaban J connectivity index is 2.19. The van der Waals surface area contributed by atoms with Crippen molar-refractivity contribution in [1.82, 2.24) is 10.6 Å². The van der Waals surface area contributed by atoms with E-state index >= 15 is 0 Å². The highest BCUT2D eigenvalue weighted by atomic mass is 16.3. The van der Waals surface area contributed by atoms with Gasteiger partial charge in [0, 0.05) is 19.7 Å². The molecular weight excluding hydrogens is 180 g/mol. The lowest BCUT2D eigenvalue weighted by molar-refractivity contribution is -0.125. The topological polar surface area (TPSA) is 61.4 Å². The van der Waals surface area contributed by atoms with Gasteiger partial charge >= 0.3 is 0 Å². The van der Waals surface area contributed by atoms with E-state index in [4.69, 9.17) is 5.11 Å². The van der Waals surface area contributed by atoms with Gasteiger partial charge in [-0.1, -0.05) is 6.92 Å². The van der Waals surface area contributed by atoms with Crippen LogP contribution in [0, 0.1) is 11.8 Å². The molecule has 4 heteroatoms. The number of aliphatic hydroxyl groups excluding tert-OH is 1. The third-order valence-corrected chi connectivity index (χ3v) is 2.60. The predicted molar refractivity (Wildman–Crippen MR) is 54.9 cm³/mol. The van der Waals surface area contributed by atoms with Crippen molar-refractivity contribution in [3.63, 3.8) is 0 Å². The molecule has 1 saturated heterocycles. The normalized spacial score (nSPS) is 24.3. The average molecular weight is 200 g/mol. The Morgan fingerprint density at radius 2 is 2.50 bits per heavy atom.